The second-order valence-electron chi connectivity index (χ2n) is 20.1. The van der Waals surface area contributed by atoms with Crippen LogP contribution in [0.5, 0.6) is 0 Å². The predicted octanol–water partition coefficient (Wildman–Crippen LogP) is 14.2. The van der Waals surface area contributed by atoms with Crippen LogP contribution in [0.25, 0.3) is 12.2 Å². The molecule has 0 amide bonds. The lowest BCUT2D eigenvalue weighted by Gasteiger charge is -2.48. The zero-order valence-electron chi connectivity index (χ0n) is 36.2. The molecule has 13 rings (SSSR count). The first-order chi connectivity index (χ1) is 30.8. The molecule has 0 N–H and O–H groups in total. The van der Waals surface area contributed by atoms with E-state index >= 15 is 0 Å². The van der Waals surface area contributed by atoms with Crippen LogP contribution < -0.4 is 4.90 Å². The summed E-state index contributed by atoms with van der Waals surface area (Å²) in [5.74, 6) is 3.49. The van der Waals surface area contributed by atoms with Crippen LogP contribution in [0.3, 0.4) is 0 Å². The number of anilines is 2. The van der Waals surface area contributed by atoms with Gasteiger partial charge in [0.15, 0.2) is 0 Å². The van der Waals surface area contributed by atoms with Gasteiger partial charge in [-0.3, -0.25) is 0 Å². The van der Waals surface area contributed by atoms with Crippen molar-refractivity contribution in [3.63, 3.8) is 0 Å². The van der Waals surface area contributed by atoms with Crippen LogP contribution in [0, 0.1) is 35.5 Å². The Hall–Kier alpha value is -5.34. The highest BCUT2D eigenvalue weighted by molar-refractivity contribution is 5.74. The minimum atomic E-state index is 0.0684. The van der Waals surface area contributed by atoms with E-state index in [0.29, 0.717) is 53.5 Å². The van der Waals surface area contributed by atoms with Gasteiger partial charge in [-0.1, -0.05) is 134 Å². The van der Waals surface area contributed by atoms with E-state index in [1.165, 1.54) is 71.3 Å². The van der Waals surface area contributed by atoms with Crippen LogP contribution in [0.4, 0.5) is 11.4 Å². The molecule has 1 saturated carbocycles. The second kappa shape index (κ2) is 14.9. The Bertz CT molecular complexity index is 2620. The fourth-order valence-electron chi connectivity index (χ4n) is 15.2. The van der Waals surface area contributed by atoms with Crippen molar-refractivity contribution in [3.8, 4) is 0 Å². The van der Waals surface area contributed by atoms with E-state index < -0.39 is 0 Å². The molecule has 0 aromatic heterocycles. The summed E-state index contributed by atoms with van der Waals surface area (Å²) in [5.41, 5.74) is 16.8. The van der Waals surface area contributed by atoms with Crippen LogP contribution in [0.15, 0.2) is 169 Å². The molecule has 3 aromatic carbocycles. The maximum absolute atomic E-state index is 2.95. The third-order valence-corrected chi connectivity index (χ3v) is 17.5. The lowest BCUT2D eigenvalue weighted by atomic mass is 9.57. The number of rotatable bonds is 6. The number of hydrogen-bond donors (Lipinski definition) is 0. The molecule has 9 unspecified atom stereocenters. The summed E-state index contributed by atoms with van der Waals surface area (Å²) >= 11 is 0. The summed E-state index contributed by atoms with van der Waals surface area (Å²) in [5, 5.41) is 0. The van der Waals surface area contributed by atoms with Crippen molar-refractivity contribution < 1.29 is 0 Å². The van der Waals surface area contributed by atoms with Gasteiger partial charge in [0.1, 0.15) is 0 Å². The van der Waals surface area contributed by atoms with E-state index in [1.54, 1.807) is 22.5 Å². The Kier molecular flexibility index (Phi) is 8.95. The van der Waals surface area contributed by atoms with Crippen LogP contribution in [-0.4, -0.2) is 17.0 Å². The Balaban J connectivity index is 0.969. The summed E-state index contributed by atoms with van der Waals surface area (Å²) in [4.78, 5) is 5.71. The normalized spacial score (nSPS) is 33.7. The van der Waals surface area contributed by atoms with Crippen molar-refractivity contribution in [2.24, 2.45) is 35.5 Å². The second-order valence-corrected chi connectivity index (χ2v) is 20.1. The summed E-state index contributed by atoms with van der Waals surface area (Å²) in [7, 11) is 0. The van der Waals surface area contributed by atoms with Gasteiger partial charge in [0.05, 0.1) is 6.04 Å². The molecule has 0 heterocycles. The molecule has 3 aromatic rings. The van der Waals surface area contributed by atoms with Crippen LogP contribution in [0.1, 0.15) is 104 Å². The molecule has 10 aliphatic carbocycles. The number of nitrogens with zero attached hydrogens (tertiary/aromatic N) is 2. The number of aryl methyl sites for hydroxylation is 2. The van der Waals surface area contributed by atoms with E-state index in [9.17, 15) is 0 Å². The van der Waals surface area contributed by atoms with Gasteiger partial charge in [0.25, 0.3) is 0 Å². The van der Waals surface area contributed by atoms with Gasteiger partial charge < -0.3 is 9.80 Å². The first-order valence-electron chi connectivity index (χ1n) is 24.5. The Morgan fingerprint density at radius 2 is 1.39 bits per heavy atom. The van der Waals surface area contributed by atoms with Crippen molar-refractivity contribution in [1.29, 1.82) is 0 Å². The maximum Gasteiger partial charge on any atom is 0.0518 e. The van der Waals surface area contributed by atoms with Crippen LogP contribution in [0.2, 0.25) is 0 Å². The zero-order valence-corrected chi connectivity index (χ0v) is 36.2. The quantitative estimate of drug-likeness (QED) is 0.229. The molecule has 1 spiro atoms. The minimum absolute atomic E-state index is 0.0684. The Morgan fingerprint density at radius 1 is 0.565 bits per heavy atom. The molecular weight excluding hydrogens is 749 g/mol. The topological polar surface area (TPSA) is 6.48 Å². The third kappa shape index (κ3) is 5.53. The minimum Gasteiger partial charge on any atom is -0.342 e. The maximum atomic E-state index is 2.95. The zero-order chi connectivity index (χ0) is 40.8. The monoisotopic (exact) mass is 808 g/mol. The highest BCUT2D eigenvalue weighted by Gasteiger charge is 2.68. The molecule has 0 radical (unpaired) electrons. The number of para-hydroxylation sites is 1. The first-order valence-corrected chi connectivity index (χ1v) is 24.5. The van der Waals surface area contributed by atoms with Gasteiger partial charge in [-0.25, -0.2) is 0 Å². The van der Waals surface area contributed by atoms with E-state index in [1.807, 2.05) is 0 Å². The first kappa shape index (κ1) is 37.2. The van der Waals surface area contributed by atoms with E-state index in [4.69, 9.17) is 0 Å². The third-order valence-electron chi connectivity index (χ3n) is 17.5. The van der Waals surface area contributed by atoms with E-state index in [0.717, 1.165) is 44.9 Å². The van der Waals surface area contributed by atoms with Gasteiger partial charge in [0.2, 0.25) is 0 Å². The SMILES string of the molecule is C1=CC2=CCCC(N(c3ccccc3)c3ccc4c(c3)[C@@]3(C5C=CC=CC45)C4CCC=CC4C4C(N(C5=Cc6c(ccc7c6C=CCC7)CC5)C5C=CCC5)=CCCC43)C2C=C1. The molecule has 0 aliphatic heterocycles. The molecule has 62 heavy (non-hydrogen) atoms. The largest absolute Gasteiger partial charge is 0.342 e. The smallest absolute Gasteiger partial charge is 0.0518 e. The van der Waals surface area contributed by atoms with Crippen molar-refractivity contribution in [2.45, 2.75) is 100 Å². The molecule has 0 bridgehead atoms. The number of allylic oxidation sites excluding steroid dienone is 15. The highest BCUT2D eigenvalue weighted by atomic mass is 15.2. The molecule has 0 saturated heterocycles. The highest BCUT2D eigenvalue weighted by Crippen LogP contribution is 2.72. The molecule has 1 fully saturated rings. The van der Waals surface area contributed by atoms with Crippen molar-refractivity contribution >= 4 is 23.5 Å². The van der Waals surface area contributed by atoms with Gasteiger partial charge >= 0.3 is 0 Å². The van der Waals surface area contributed by atoms with E-state index in [-0.39, 0.29) is 5.41 Å². The van der Waals surface area contributed by atoms with Crippen molar-refractivity contribution in [2.75, 3.05) is 4.90 Å². The summed E-state index contributed by atoms with van der Waals surface area (Å²) < 4.78 is 0. The fourth-order valence-corrected chi connectivity index (χ4v) is 15.2. The molecular formula is C60H60N2. The average molecular weight is 809 g/mol. The van der Waals surface area contributed by atoms with Crippen LogP contribution >= 0.6 is 0 Å². The summed E-state index contributed by atoms with van der Waals surface area (Å²) in [6.07, 6.45) is 56.6. The Morgan fingerprint density at radius 3 is 2.31 bits per heavy atom. The van der Waals surface area contributed by atoms with Gasteiger partial charge in [0, 0.05) is 52.0 Å². The number of benzene rings is 3. The summed E-state index contributed by atoms with van der Waals surface area (Å²) in [6, 6.07) is 24.9. The van der Waals surface area contributed by atoms with Gasteiger partial charge in [-0.05, 0) is 170 Å². The predicted molar refractivity (Wildman–Crippen MR) is 258 cm³/mol. The molecule has 10 atom stereocenters. The fraction of sp³-hybridized carbons (Fsp3) is 0.367. The lowest BCUT2D eigenvalue weighted by molar-refractivity contribution is 0.145. The molecule has 2 heteroatoms. The lowest BCUT2D eigenvalue weighted by Crippen LogP contribution is -2.45. The number of fused-ring (bicyclic) bond motifs is 14. The van der Waals surface area contributed by atoms with Crippen LogP contribution in [-0.2, 0) is 18.3 Å². The van der Waals surface area contributed by atoms with E-state index in [2.05, 4.69) is 174 Å². The van der Waals surface area contributed by atoms with Crippen molar-refractivity contribution in [3.05, 3.63) is 202 Å². The number of hydrogen-bond acceptors (Lipinski definition) is 2. The standard InChI is InChI=1S/C60H60N2/c1-2-19-43(20-3-1)61(57-30-14-18-40-16-5-9-24-48(40)57)46-36-37-50-49-25-10-12-27-53(49)60(56(50)39-46)54-28-13-11-26-51(54)59-55(60)29-15-31-58(59)62(44-21-6-7-22-44)45-35-34-42-33-32-41-17-4-8-23-47(41)52(42)38-45/h1-3,5-6,8-12,16,18-21,23-27,31-33,36-39,44,48-49,51,53-55,57,59H,4,7,13-15,17,22,28-30,34-35H2/t44?,48?,49?,51?,53?,54?,55?,57?,59?,60-/m0/s1. The Labute approximate surface area is 369 Å². The molecule has 310 valence electrons. The van der Waals surface area contributed by atoms with Crippen molar-refractivity contribution in [1.82, 2.24) is 4.90 Å². The summed E-state index contributed by atoms with van der Waals surface area (Å²) in [6.45, 7) is 0. The average Bonchev–Trinajstić information content (AvgIpc) is 4.05. The van der Waals surface area contributed by atoms with Gasteiger partial charge in [-0.2, -0.15) is 0 Å². The molecule has 2 nitrogen and oxygen atoms in total. The van der Waals surface area contributed by atoms with Gasteiger partial charge in [-0.15, -0.1) is 0 Å². The molecule has 10 aliphatic rings.